The molecule has 0 saturated heterocycles. The molecule has 0 spiro atoms. The molecule has 0 N–H and O–H groups in total. The summed E-state index contributed by atoms with van der Waals surface area (Å²) in [6.07, 6.45) is 4.28. The summed E-state index contributed by atoms with van der Waals surface area (Å²) >= 11 is 5.44. The van der Waals surface area contributed by atoms with Gasteiger partial charge in [-0.3, -0.25) is 0 Å². The van der Waals surface area contributed by atoms with Gasteiger partial charge in [-0.05, 0) is 37.0 Å². The van der Waals surface area contributed by atoms with Crippen molar-refractivity contribution in [3.05, 3.63) is 48.8 Å². The van der Waals surface area contributed by atoms with Gasteiger partial charge in [0.25, 0.3) is 0 Å². The lowest BCUT2D eigenvalue weighted by molar-refractivity contribution is 1.48. The molecular weight excluding hydrogens is 266 g/mol. The molecule has 1 aliphatic rings. The van der Waals surface area contributed by atoms with Crippen LogP contribution in [0.5, 0.6) is 0 Å². The molecule has 0 bridgehead atoms. The van der Waals surface area contributed by atoms with Crippen molar-refractivity contribution in [1.82, 2.24) is 0 Å². The van der Waals surface area contributed by atoms with E-state index < -0.39 is 0 Å². The Morgan fingerprint density at radius 3 is 2.47 bits per heavy atom. The van der Waals surface area contributed by atoms with E-state index in [2.05, 4.69) is 25.3 Å². The van der Waals surface area contributed by atoms with E-state index in [0.29, 0.717) is 5.56 Å². The van der Waals surface area contributed by atoms with E-state index in [9.17, 15) is 0 Å². The van der Waals surface area contributed by atoms with Gasteiger partial charge in [0.05, 0.1) is 20.1 Å². The molecule has 1 aromatic carbocycles. The monoisotopic (exact) mass is 277 g/mol. The van der Waals surface area contributed by atoms with Crippen molar-refractivity contribution in [2.24, 2.45) is 0 Å². The lowest BCUT2D eigenvalue weighted by atomic mass is 10.1. The molecule has 1 aromatic rings. The third kappa shape index (κ3) is 3.12. The average molecular weight is 277 g/mol. The first-order valence-corrected chi connectivity index (χ1v) is 7.91. The summed E-state index contributed by atoms with van der Waals surface area (Å²) in [5.74, 6) is 0. The summed E-state index contributed by atoms with van der Waals surface area (Å²) in [7, 11) is 0. The summed E-state index contributed by atoms with van der Waals surface area (Å²) in [6, 6.07) is 9.81. The summed E-state index contributed by atoms with van der Waals surface area (Å²) < 4.78 is 2.69. The number of thioether (sulfide) groups is 3. The van der Waals surface area contributed by atoms with Gasteiger partial charge < -0.3 is 0 Å². The highest BCUT2D eigenvalue weighted by molar-refractivity contribution is 8.35. The standard InChI is InChI=1S/C13H11NS3/c1-9-13(15-2)17-12(16-9)7-10-3-5-11(8-14)6-4-10/h3-7H,1-2H3/b12-7+. The minimum absolute atomic E-state index is 0.706. The van der Waals surface area contributed by atoms with E-state index in [-0.39, 0.29) is 0 Å². The van der Waals surface area contributed by atoms with Gasteiger partial charge >= 0.3 is 0 Å². The van der Waals surface area contributed by atoms with Crippen molar-refractivity contribution < 1.29 is 0 Å². The Bertz CT molecular complexity index is 521. The largest absolute Gasteiger partial charge is 0.192 e. The first-order chi connectivity index (χ1) is 8.22. The molecule has 1 aliphatic heterocycles. The quantitative estimate of drug-likeness (QED) is 0.768. The summed E-state index contributed by atoms with van der Waals surface area (Å²) in [5, 5.41) is 8.73. The Kier molecular flexibility index (Phi) is 4.27. The highest BCUT2D eigenvalue weighted by atomic mass is 32.2. The maximum Gasteiger partial charge on any atom is 0.0991 e. The summed E-state index contributed by atoms with van der Waals surface area (Å²) in [6.45, 7) is 2.16. The van der Waals surface area contributed by atoms with E-state index in [4.69, 9.17) is 5.26 Å². The maximum atomic E-state index is 8.73. The van der Waals surface area contributed by atoms with Gasteiger partial charge in [-0.15, -0.1) is 11.8 Å². The fourth-order valence-electron chi connectivity index (χ4n) is 1.41. The predicted octanol–water partition coefficient (Wildman–Crippen LogP) is 4.89. The zero-order valence-electron chi connectivity index (χ0n) is 9.56. The fourth-order valence-corrected chi connectivity index (χ4v) is 4.98. The fraction of sp³-hybridized carbons (Fsp3) is 0.154. The van der Waals surface area contributed by atoms with Crippen LogP contribution in [-0.4, -0.2) is 6.26 Å². The van der Waals surface area contributed by atoms with E-state index in [1.54, 1.807) is 11.8 Å². The van der Waals surface area contributed by atoms with Crippen LogP contribution in [0, 0.1) is 11.3 Å². The van der Waals surface area contributed by atoms with Crippen LogP contribution in [0.15, 0.2) is 37.6 Å². The zero-order chi connectivity index (χ0) is 12.3. The Labute approximate surface area is 114 Å². The number of allylic oxidation sites excluding steroid dienone is 1. The van der Waals surface area contributed by atoms with E-state index in [0.717, 1.165) is 5.56 Å². The van der Waals surface area contributed by atoms with Gasteiger partial charge in [0.2, 0.25) is 0 Å². The first-order valence-electron chi connectivity index (χ1n) is 5.05. The van der Waals surface area contributed by atoms with Gasteiger partial charge in [-0.25, -0.2) is 0 Å². The highest BCUT2D eigenvalue weighted by Gasteiger charge is 2.16. The molecule has 0 amide bonds. The van der Waals surface area contributed by atoms with Crippen LogP contribution < -0.4 is 0 Å². The number of rotatable bonds is 2. The Balaban J connectivity index is 2.14. The number of hydrogen-bond acceptors (Lipinski definition) is 4. The Morgan fingerprint density at radius 1 is 1.24 bits per heavy atom. The first kappa shape index (κ1) is 12.7. The van der Waals surface area contributed by atoms with Crippen LogP contribution >= 0.6 is 35.3 Å². The number of hydrogen-bond donors (Lipinski definition) is 0. The number of benzene rings is 1. The maximum absolute atomic E-state index is 8.73. The normalized spacial score (nSPS) is 17.6. The second-order valence-corrected chi connectivity index (χ2v) is 7.09. The van der Waals surface area contributed by atoms with Crippen LogP contribution in [-0.2, 0) is 0 Å². The second-order valence-electron chi connectivity index (χ2n) is 3.45. The molecule has 17 heavy (non-hydrogen) atoms. The van der Waals surface area contributed by atoms with Crippen molar-refractivity contribution >= 4 is 41.4 Å². The van der Waals surface area contributed by atoms with E-state index in [1.165, 1.54) is 13.4 Å². The molecule has 0 fully saturated rings. The van der Waals surface area contributed by atoms with Crippen molar-refractivity contribution in [3.63, 3.8) is 0 Å². The van der Waals surface area contributed by atoms with Gasteiger partial charge in [0.1, 0.15) is 0 Å². The summed E-state index contributed by atoms with van der Waals surface area (Å²) in [5.41, 5.74) is 1.85. The van der Waals surface area contributed by atoms with Gasteiger partial charge in [0.15, 0.2) is 0 Å². The van der Waals surface area contributed by atoms with Gasteiger partial charge in [-0.2, -0.15) is 5.26 Å². The molecule has 0 aliphatic carbocycles. The van der Waals surface area contributed by atoms with Crippen molar-refractivity contribution in [1.29, 1.82) is 5.26 Å². The molecule has 4 heteroatoms. The molecule has 0 radical (unpaired) electrons. The lowest BCUT2D eigenvalue weighted by Gasteiger charge is -1.97. The molecule has 86 valence electrons. The van der Waals surface area contributed by atoms with Crippen molar-refractivity contribution in [2.75, 3.05) is 6.26 Å². The number of nitrogens with zero attached hydrogens (tertiary/aromatic N) is 1. The lowest BCUT2D eigenvalue weighted by Crippen LogP contribution is -1.75. The third-order valence-corrected chi connectivity index (χ3v) is 6.07. The van der Waals surface area contributed by atoms with Gasteiger partial charge in [-0.1, -0.05) is 35.7 Å². The number of nitriles is 1. The Morgan fingerprint density at radius 2 is 1.94 bits per heavy atom. The van der Waals surface area contributed by atoms with Crippen molar-refractivity contribution in [3.8, 4) is 6.07 Å². The molecular formula is C13H11NS3. The van der Waals surface area contributed by atoms with Crippen LogP contribution in [0.4, 0.5) is 0 Å². The Hall–Kier alpha value is -0.760. The smallest absolute Gasteiger partial charge is 0.0991 e. The zero-order valence-corrected chi connectivity index (χ0v) is 12.0. The highest BCUT2D eigenvalue weighted by Crippen LogP contribution is 2.53. The van der Waals surface area contributed by atoms with Crippen LogP contribution in [0.2, 0.25) is 0 Å². The van der Waals surface area contributed by atoms with Crippen LogP contribution in [0.1, 0.15) is 18.1 Å². The van der Waals surface area contributed by atoms with Crippen LogP contribution in [0.3, 0.4) is 0 Å². The van der Waals surface area contributed by atoms with Crippen LogP contribution in [0.25, 0.3) is 6.08 Å². The minimum Gasteiger partial charge on any atom is -0.192 e. The van der Waals surface area contributed by atoms with E-state index >= 15 is 0 Å². The van der Waals surface area contributed by atoms with Gasteiger partial charge in [0, 0.05) is 4.91 Å². The molecule has 0 atom stereocenters. The van der Waals surface area contributed by atoms with E-state index in [1.807, 2.05) is 47.8 Å². The molecule has 2 rings (SSSR count). The molecule has 0 aromatic heterocycles. The minimum atomic E-state index is 0.706. The molecule has 1 heterocycles. The SMILES string of the molecule is CSC1=C(C)S/C(=C\c2ccc(C#N)cc2)S1. The molecule has 0 saturated carbocycles. The third-order valence-electron chi connectivity index (χ3n) is 2.24. The summed E-state index contributed by atoms with van der Waals surface area (Å²) in [4.78, 5) is 1.38. The molecule has 0 unspecified atom stereocenters. The topological polar surface area (TPSA) is 23.8 Å². The second kappa shape index (κ2) is 5.72. The predicted molar refractivity (Wildman–Crippen MR) is 80.5 cm³/mol. The van der Waals surface area contributed by atoms with Crippen molar-refractivity contribution in [2.45, 2.75) is 6.92 Å². The molecule has 1 nitrogen and oxygen atoms in total. The average Bonchev–Trinajstić information content (AvgIpc) is 2.70.